The van der Waals surface area contributed by atoms with Crippen LogP contribution >= 0.6 is 23.2 Å². The predicted octanol–water partition coefficient (Wildman–Crippen LogP) is 3.88. The Labute approximate surface area is 170 Å². The maximum atomic E-state index is 12.0. The second kappa shape index (κ2) is 9.55. The van der Waals surface area contributed by atoms with Crippen molar-refractivity contribution in [2.24, 2.45) is 0 Å². The maximum absolute atomic E-state index is 12.0. The first-order chi connectivity index (χ1) is 12.7. The van der Waals surface area contributed by atoms with Crippen LogP contribution in [-0.4, -0.2) is 32.7 Å². The summed E-state index contributed by atoms with van der Waals surface area (Å²) in [5, 5.41) is 3.87. The molecule has 2 aromatic rings. The quantitative estimate of drug-likeness (QED) is 0.693. The fourth-order valence-corrected chi connectivity index (χ4v) is 3.65. The minimum absolute atomic E-state index is 0.0555. The summed E-state index contributed by atoms with van der Waals surface area (Å²) in [6, 6.07) is 11.9. The summed E-state index contributed by atoms with van der Waals surface area (Å²) in [4.78, 5) is 12.2. The number of hydrogen-bond donors (Lipinski definition) is 1. The summed E-state index contributed by atoms with van der Waals surface area (Å²) < 4.78 is 25.2. The molecule has 1 N–H and O–H groups in total. The maximum Gasteiger partial charge on any atom is 0.242 e. The normalized spacial score (nSPS) is 11.6. The Kier molecular flexibility index (Phi) is 7.68. The van der Waals surface area contributed by atoms with Crippen molar-refractivity contribution in [1.29, 1.82) is 0 Å². The molecule has 0 spiro atoms. The molecule has 0 unspecified atom stereocenters. The topological polar surface area (TPSA) is 66.5 Å². The molecule has 0 aliphatic heterocycles. The first-order valence-corrected chi connectivity index (χ1v) is 10.6. The fourth-order valence-electron chi connectivity index (χ4n) is 2.43. The highest BCUT2D eigenvalue weighted by molar-refractivity contribution is 7.89. The summed E-state index contributed by atoms with van der Waals surface area (Å²) in [6.45, 7) is 0.355. The Bertz CT molecular complexity index is 898. The van der Waals surface area contributed by atoms with Gasteiger partial charge in [0, 0.05) is 27.1 Å². The van der Waals surface area contributed by atoms with Gasteiger partial charge in [0.05, 0.1) is 14.9 Å². The van der Waals surface area contributed by atoms with E-state index < -0.39 is 10.0 Å². The van der Waals surface area contributed by atoms with Gasteiger partial charge in [-0.1, -0.05) is 41.4 Å². The molecule has 0 heterocycles. The molecule has 27 heavy (non-hydrogen) atoms. The average molecular weight is 429 g/mol. The lowest BCUT2D eigenvalue weighted by molar-refractivity contribution is -0.121. The minimum Gasteiger partial charge on any atom is -0.352 e. The second-order valence-electron chi connectivity index (χ2n) is 6.31. The van der Waals surface area contributed by atoms with Gasteiger partial charge in [-0.3, -0.25) is 4.79 Å². The Morgan fingerprint density at radius 3 is 2.22 bits per heavy atom. The van der Waals surface area contributed by atoms with Crippen LogP contribution in [0.2, 0.25) is 10.0 Å². The molecule has 0 aliphatic carbocycles. The standard InChI is InChI=1S/C19H22Cl2N2O3S/c1-23(2)27(25,26)16-9-6-15(7-10-16)13-22-19(24)5-3-4-14-8-11-17(20)18(21)12-14/h6-12H,3-5,13H2,1-2H3,(H,22,24). The van der Waals surface area contributed by atoms with Gasteiger partial charge in [0.15, 0.2) is 0 Å². The molecular weight excluding hydrogens is 407 g/mol. The van der Waals surface area contributed by atoms with E-state index in [0.29, 0.717) is 29.4 Å². The van der Waals surface area contributed by atoms with Gasteiger partial charge in [-0.25, -0.2) is 12.7 Å². The van der Waals surface area contributed by atoms with Crippen molar-refractivity contribution < 1.29 is 13.2 Å². The molecule has 2 aromatic carbocycles. The highest BCUT2D eigenvalue weighted by Gasteiger charge is 2.16. The third-order valence-corrected chi connectivity index (χ3v) is 6.61. The number of carbonyl (C=O) groups is 1. The van der Waals surface area contributed by atoms with Crippen LogP contribution in [0.1, 0.15) is 24.0 Å². The van der Waals surface area contributed by atoms with E-state index in [2.05, 4.69) is 5.32 Å². The summed E-state index contributed by atoms with van der Waals surface area (Å²) in [5.41, 5.74) is 1.88. The number of hydrogen-bond acceptors (Lipinski definition) is 3. The van der Waals surface area contributed by atoms with Crippen molar-refractivity contribution in [2.45, 2.75) is 30.7 Å². The molecule has 8 heteroatoms. The van der Waals surface area contributed by atoms with Crippen molar-refractivity contribution in [1.82, 2.24) is 9.62 Å². The van der Waals surface area contributed by atoms with E-state index in [-0.39, 0.29) is 10.8 Å². The smallest absolute Gasteiger partial charge is 0.242 e. The summed E-state index contributed by atoms with van der Waals surface area (Å²) in [6.07, 6.45) is 1.83. The van der Waals surface area contributed by atoms with Gasteiger partial charge in [-0.15, -0.1) is 0 Å². The highest BCUT2D eigenvalue weighted by Crippen LogP contribution is 2.23. The monoisotopic (exact) mass is 428 g/mol. The number of rotatable bonds is 8. The Morgan fingerprint density at radius 2 is 1.63 bits per heavy atom. The zero-order valence-electron chi connectivity index (χ0n) is 15.2. The molecule has 1 amide bonds. The molecule has 0 fully saturated rings. The number of amides is 1. The van der Waals surface area contributed by atoms with Crippen molar-refractivity contribution in [3.05, 3.63) is 63.6 Å². The fraction of sp³-hybridized carbons (Fsp3) is 0.316. The average Bonchev–Trinajstić information content (AvgIpc) is 2.63. The number of aryl methyl sites for hydroxylation is 1. The van der Waals surface area contributed by atoms with E-state index in [9.17, 15) is 13.2 Å². The molecule has 0 saturated heterocycles. The van der Waals surface area contributed by atoms with Crippen LogP contribution in [0.3, 0.4) is 0 Å². The molecule has 2 rings (SSSR count). The lowest BCUT2D eigenvalue weighted by Crippen LogP contribution is -2.23. The number of halogens is 2. The number of nitrogens with zero attached hydrogens (tertiary/aromatic N) is 1. The number of nitrogens with one attached hydrogen (secondary N) is 1. The number of carbonyl (C=O) groups excluding carboxylic acids is 1. The van der Waals surface area contributed by atoms with Gasteiger partial charge in [0.2, 0.25) is 15.9 Å². The van der Waals surface area contributed by atoms with E-state index in [1.54, 1.807) is 30.3 Å². The largest absolute Gasteiger partial charge is 0.352 e. The van der Waals surface area contributed by atoms with Crippen molar-refractivity contribution in [3.63, 3.8) is 0 Å². The lowest BCUT2D eigenvalue weighted by atomic mass is 10.1. The zero-order chi connectivity index (χ0) is 20.0. The van der Waals surface area contributed by atoms with E-state index in [0.717, 1.165) is 21.9 Å². The van der Waals surface area contributed by atoms with Gasteiger partial charge >= 0.3 is 0 Å². The van der Waals surface area contributed by atoms with Gasteiger partial charge in [-0.05, 0) is 48.2 Å². The van der Waals surface area contributed by atoms with Crippen LogP contribution in [0.5, 0.6) is 0 Å². The van der Waals surface area contributed by atoms with E-state index in [1.165, 1.54) is 14.1 Å². The van der Waals surface area contributed by atoms with Crippen LogP contribution in [0.25, 0.3) is 0 Å². The van der Waals surface area contributed by atoms with Crippen LogP contribution in [0, 0.1) is 0 Å². The number of benzene rings is 2. The SMILES string of the molecule is CN(C)S(=O)(=O)c1ccc(CNC(=O)CCCc2ccc(Cl)c(Cl)c2)cc1. The van der Waals surface area contributed by atoms with Crippen LogP contribution in [0.4, 0.5) is 0 Å². The molecular formula is C19H22Cl2N2O3S. The summed E-state index contributed by atoms with van der Waals surface area (Å²) in [7, 11) is -0.466. The zero-order valence-corrected chi connectivity index (χ0v) is 17.5. The third-order valence-electron chi connectivity index (χ3n) is 4.04. The Balaban J connectivity index is 1.79. The molecule has 0 aromatic heterocycles. The predicted molar refractivity (Wildman–Crippen MR) is 109 cm³/mol. The van der Waals surface area contributed by atoms with Gasteiger partial charge in [-0.2, -0.15) is 0 Å². The molecule has 0 aliphatic rings. The van der Waals surface area contributed by atoms with E-state index >= 15 is 0 Å². The van der Waals surface area contributed by atoms with Crippen LogP contribution in [-0.2, 0) is 27.8 Å². The van der Waals surface area contributed by atoms with Gasteiger partial charge in [0.25, 0.3) is 0 Å². The van der Waals surface area contributed by atoms with Crippen molar-refractivity contribution in [3.8, 4) is 0 Å². The summed E-state index contributed by atoms with van der Waals surface area (Å²) in [5.74, 6) is -0.0555. The number of sulfonamides is 1. The first kappa shape index (κ1) is 21.7. The first-order valence-electron chi connectivity index (χ1n) is 8.42. The second-order valence-corrected chi connectivity index (χ2v) is 9.28. The van der Waals surface area contributed by atoms with Gasteiger partial charge in [0.1, 0.15) is 0 Å². The third kappa shape index (κ3) is 6.21. The molecule has 0 bridgehead atoms. The Hall–Kier alpha value is -1.60. The van der Waals surface area contributed by atoms with Crippen molar-refractivity contribution >= 4 is 39.1 Å². The molecule has 146 valence electrons. The highest BCUT2D eigenvalue weighted by atomic mass is 35.5. The molecule has 0 radical (unpaired) electrons. The van der Waals surface area contributed by atoms with Crippen LogP contribution in [0.15, 0.2) is 47.4 Å². The molecule has 0 saturated carbocycles. The van der Waals surface area contributed by atoms with Crippen molar-refractivity contribution in [2.75, 3.05) is 14.1 Å². The lowest BCUT2D eigenvalue weighted by Gasteiger charge is -2.12. The minimum atomic E-state index is -3.44. The van der Waals surface area contributed by atoms with Crippen LogP contribution < -0.4 is 5.32 Å². The molecule has 5 nitrogen and oxygen atoms in total. The van der Waals surface area contributed by atoms with Gasteiger partial charge < -0.3 is 5.32 Å². The van der Waals surface area contributed by atoms with E-state index in [4.69, 9.17) is 23.2 Å². The summed E-state index contributed by atoms with van der Waals surface area (Å²) >= 11 is 11.9. The Morgan fingerprint density at radius 1 is 1.00 bits per heavy atom. The molecule has 0 atom stereocenters. The van der Waals surface area contributed by atoms with E-state index in [1.807, 2.05) is 12.1 Å².